The molecule has 0 bridgehead atoms. The van der Waals surface area contributed by atoms with E-state index in [1.807, 2.05) is 24.4 Å². The van der Waals surface area contributed by atoms with Crippen molar-refractivity contribution < 1.29 is 9.53 Å². The third-order valence-electron chi connectivity index (χ3n) is 6.45. The van der Waals surface area contributed by atoms with Gasteiger partial charge < -0.3 is 9.30 Å². The van der Waals surface area contributed by atoms with Gasteiger partial charge in [0.2, 0.25) is 0 Å². The molecule has 4 rings (SSSR count). The Morgan fingerprint density at radius 2 is 1.76 bits per heavy atom. The Balaban J connectivity index is 1.88. The van der Waals surface area contributed by atoms with Gasteiger partial charge in [-0.05, 0) is 37.3 Å². The molecule has 0 saturated carbocycles. The highest BCUT2D eigenvalue weighted by molar-refractivity contribution is 6.00. The number of aryl methyl sites for hydroxylation is 2. The van der Waals surface area contributed by atoms with Crippen molar-refractivity contribution >= 4 is 33.7 Å². The third kappa shape index (κ3) is 5.11. The second kappa shape index (κ2) is 11.0. The monoisotopic (exact) mass is 462 g/mol. The average Bonchev–Trinajstić information content (AvgIpc) is 3.36. The van der Waals surface area contributed by atoms with Crippen molar-refractivity contribution in [2.45, 2.75) is 92.0 Å². The minimum Gasteiger partial charge on any atom is -0.424 e. The predicted molar refractivity (Wildman–Crippen MR) is 138 cm³/mol. The topological polar surface area (TPSA) is 61.4 Å². The molecule has 0 unspecified atom stereocenters. The number of aromatic nitrogens is 4. The fourth-order valence-electron chi connectivity index (χ4n) is 4.52. The van der Waals surface area contributed by atoms with Gasteiger partial charge in [0, 0.05) is 25.6 Å². The largest absolute Gasteiger partial charge is 0.424 e. The zero-order valence-corrected chi connectivity index (χ0v) is 21.1. The average molecular weight is 463 g/mol. The predicted octanol–water partition coefficient (Wildman–Crippen LogP) is 7.10. The lowest BCUT2D eigenvalue weighted by Crippen LogP contribution is -2.08. The van der Waals surface area contributed by atoms with E-state index in [1.54, 1.807) is 0 Å². The molecule has 0 spiro atoms. The minimum absolute atomic E-state index is 0.183. The van der Waals surface area contributed by atoms with Crippen molar-refractivity contribution in [2.75, 3.05) is 0 Å². The summed E-state index contributed by atoms with van der Waals surface area (Å²) in [7, 11) is 0. The summed E-state index contributed by atoms with van der Waals surface area (Å²) in [6, 6.07) is 8.19. The van der Waals surface area contributed by atoms with Gasteiger partial charge in [-0.2, -0.15) is 0 Å². The van der Waals surface area contributed by atoms with Crippen molar-refractivity contribution in [1.82, 2.24) is 18.9 Å². The summed E-state index contributed by atoms with van der Waals surface area (Å²) < 4.78 is 10.3. The Hall–Kier alpha value is -2.89. The summed E-state index contributed by atoms with van der Waals surface area (Å²) in [5.74, 6) is 1.99. The summed E-state index contributed by atoms with van der Waals surface area (Å²) >= 11 is 0. The van der Waals surface area contributed by atoms with Gasteiger partial charge in [0.25, 0.3) is 0 Å². The molecular formula is C28H38N4O2. The summed E-state index contributed by atoms with van der Waals surface area (Å²) in [4.78, 5) is 22.9. The molecule has 34 heavy (non-hydrogen) atoms. The molecule has 0 aliphatic heterocycles. The van der Waals surface area contributed by atoms with Gasteiger partial charge >= 0.3 is 5.97 Å². The van der Waals surface area contributed by atoms with Crippen LogP contribution in [0.3, 0.4) is 0 Å². The van der Waals surface area contributed by atoms with Gasteiger partial charge in [-0.3, -0.25) is 9.20 Å². The number of imidazole rings is 1. The lowest BCUT2D eigenvalue weighted by atomic mass is 10.1. The summed E-state index contributed by atoms with van der Waals surface area (Å²) in [5, 5.41) is 0.836. The highest BCUT2D eigenvalue weighted by atomic mass is 16.5. The van der Waals surface area contributed by atoms with Crippen LogP contribution in [0.15, 0.2) is 30.5 Å². The lowest BCUT2D eigenvalue weighted by Gasteiger charge is -2.10. The number of hydrogen-bond donors (Lipinski definition) is 0. The van der Waals surface area contributed by atoms with E-state index < -0.39 is 0 Å². The van der Waals surface area contributed by atoms with Crippen LogP contribution in [0.5, 0.6) is 5.75 Å². The normalized spacial score (nSPS) is 11.9. The van der Waals surface area contributed by atoms with E-state index in [0.29, 0.717) is 18.1 Å². The molecule has 1 aromatic carbocycles. The number of rotatable bonds is 12. The molecule has 0 radical (unpaired) electrons. The highest BCUT2D eigenvalue weighted by Crippen LogP contribution is 2.34. The van der Waals surface area contributed by atoms with Crippen molar-refractivity contribution in [1.29, 1.82) is 0 Å². The van der Waals surface area contributed by atoms with Crippen LogP contribution in [-0.4, -0.2) is 24.9 Å². The zero-order chi connectivity index (χ0) is 24.1. The first-order valence-corrected chi connectivity index (χ1v) is 13.0. The maximum absolute atomic E-state index is 12.7. The number of esters is 1. The van der Waals surface area contributed by atoms with Gasteiger partial charge in [-0.15, -0.1) is 0 Å². The van der Waals surface area contributed by atoms with E-state index in [0.717, 1.165) is 78.6 Å². The molecule has 0 saturated heterocycles. The first-order chi connectivity index (χ1) is 16.5. The molecule has 6 nitrogen and oxygen atoms in total. The van der Waals surface area contributed by atoms with Crippen LogP contribution < -0.4 is 4.74 Å². The second-order valence-electron chi connectivity index (χ2n) is 9.74. The summed E-state index contributed by atoms with van der Waals surface area (Å²) in [6.07, 6.45) is 10.7. The highest BCUT2D eigenvalue weighted by Gasteiger charge is 2.22. The number of para-hydroxylation sites is 2. The molecule has 0 fully saturated rings. The van der Waals surface area contributed by atoms with Gasteiger partial charge in [0.1, 0.15) is 16.9 Å². The number of fused-ring (bicyclic) bond motifs is 5. The van der Waals surface area contributed by atoms with E-state index >= 15 is 0 Å². The maximum atomic E-state index is 12.7. The Bertz CT molecular complexity index is 1270. The smallest absolute Gasteiger partial charge is 0.311 e. The summed E-state index contributed by atoms with van der Waals surface area (Å²) in [5.41, 5.74) is 3.68. The van der Waals surface area contributed by atoms with E-state index in [2.05, 4.69) is 42.7 Å². The Morgan fingerprint density at radius 3 is 2.53 bits per heavy atom. The van der Waals surface area contributed by atoms with Crippen LogP contribution in [-0.2, 0) is 17.8 Å². The fraction of sp³-hybridized carbons (Fsp3) is 0.536. The van der Waals surface area contributed by atoms with Gasteiger partial charge in [-0.1, -0.05) is 65.5 Å². The van der Waals surface area contributed by atoms with Gasteiger partial charge in [0.05, 0.1) is 11.0 Å². The number of ether oxygens (including phenoxy) is 1. The first kappa shape index (κ1) is 24.2. The first-order valence-electron chi connectivity index (χ1n) is 13.0. The molecule has 0 atom stereocenters. The molecule has 182 valence electrons. The third-order valence-corrected chi connectivity index (χ3v) is 6.45. The zero-order valence-electron chi connectivity index (χ0n) is 21.1. The Morgan fingerprint density at radius 1 is 1.00 bits per heavy atom. The van der Waals surface area contributed by atoms with Gasteiger partial charge in [-0.25, -0.2) is 9.97 Å². The van der Waals surface area contributed by atoms with Crippen LogP contribution in [0.4, 0.5) is 0 Å². The Kier molecular flexibility index (Phi) is 7.86. The summed E-state index contributed by atoms with van der Waals surface area (Å²) in [6.45, 7) is 9.64. The molecule has 0 aliphatic rings. The van der Waals surface area contributed by atoms with Gasteiger partial charge in [0.15, 0.2) is 11.4 Å². The van der Waals surface area contributed by atoms with Crippen LogP contribution >= 0.6 is 0 Å². The molecule has 6 heteroatoms. The molecule has 3 heterocycles. The van der Waals surface area contributed by atoms with Crippen molar-refractivity contribution in [3.8, 4) is 5.75 Å². The SMILES string of the molecule is CCCCCC(=O)Oc1cn(CCC(C)C)c2nc(CCCCC)n3c4ccccc4nc3c12. The van der Waals surface area contributed by atoms with Crippen LogP contribution in [0.1, 0.15) is 84.9 Å². The van der Waals surface area contributed by atoms with Crippen molar-refractivity contribution in [3.05, 3.63) is 36.3 Å². The van der Waals surface area contributed by atoms with E-state index in [1.165, 1.54) is 12.8 Å². The van der Waals surface area contributed by atoms with E-state index in [9.17, 15) is 4.79 Å². The van der Waals surface area contributed by atoms with E-state index in [4.69, 9.17) is 14.7 Å². The van der Waals surface area contributed by atoms with Crippen LogP contribution in [0.25, 0.3) is 27.7 Å². The number of unbranched alkanes of at least 4 members (excludes halogenated alkanes) is 4. The second-order valence-corrected chi connectivity index (χ2v) is 9.74. The molecule has 0 aliphatic carbocycles. The number of nitrogens with zero attached hydrogens (tertiary/aromatic N) is 4. The molecular weight excluding hydrogens is 424 g/mol. The number of carbonyl (C=O) groups excluding carboxylic acids is 1. The van der Waals surface area contributed by atoms with E-state index in [-0.39, 0.29) is 5.97 Å². The maximum Gasteiger partial charge on any atom is 0.311 e. The number of carbonyl (C=O) groups is 1. The standard InChI is InChI=1S/C28H38N4O2/c1-5-7-9-15-24-30-27-26(28-29-21-13-11-12-14-22(21)32(24)28)23(19-31(27)18-17-20(3)4)34-25(33)16-10-8-6-2/h11-14,19-20H,5-10,15-18H2,1-4H3. The minimum atomic E-state index is -0.183. The van der Waals surface area contributed by atoms with Crippen molar-refractivity contribution in [2.24, 2.45) is 5.92 Å². The lowest BCUT2D eigenvalue weighted by molar-refractivity contribution is -0.134. The number of benzene rings is 1. The Labute approximate surface area is 202 Å². The van der Waals surface area contributed by atoms with Crippen LogP contribution in [0.2, 0.25) is 0 Å². The fourth-order valence-corrected chi connectivity index (χ4v) is 4.52. The molecule has 0 N–H and O–H groups in total. The van der Waals surface area contributed by atoms with Crippen LogP contribution in [0, 0.1) is 5.92 Å². The quantitative estimate of drug-likeness (QED) is 0.166. The molecule has 0 amide bonds. The molecule has 4 aromatic rings. The molecule has 3 aromatic heterocycles. The van der Waals surface area contributed by atoms with Crippen molar-refractivity contribution in [3.63, 3.8) is 0 Å². The number of hydrogen-bond acceptors (Lipinski definition) is 4.